The predicted molar refractivity (Wildman–Crippen MR) is 68.2 cm³/mol. The van der Waals surface area contributed by atoms with Crippen molar-refractivity contribution < 1.29 is 4.42 Å². The quantitative estimate of drug-likeness (QED) is 0.717. The van der Waals surface area contributed by atoms with Crippen LogP contribution in [0.15, 0.2) is 20.7 Å². The second kappa shape index (κ2) is 4.33. The van der Waals surface area contributed by atoms with Crippen molar-refractivity contribution in [3.05, 3.63) is 27.7 Å². The molecule has 3 aromatic rings. The van der Waals surface area contributed by atoms with Crippen molar-refractivity contribution in [2.24, 2.45) is 0 Å². The Morgan fingerprint density at radius 1 is 1.33 bits per heavy atom. The van der Waals surface area contributed by atoms with Crippen LogP contribution in [0.4, 0.5) is 0 Å². The summed E-state index contributed by atoms with van der Waals surface area (Å²) in [6.07, 6.45) is 0. The van der Waals surface area contributed by atoms with Gasteiger partial charge >= 0.3 is 0 Å². The van der Waals surface area contributed by atoms with E-state index in [1.165, 1.54) is 22.7 Å². The molecule has 5 nitrogen and oxygen atoms in total. The molecule has 0 fully saturated rings. The molecule has 0 N–H and O–H groups in total. The van der Waals surface area contributed by atoms with E-state index in [-0.39, 0.29) is 0 Å². The molecule has 7 heteroatoms. The summed E-state index contributed by atoms with van der Waals surface area (Å²) < 4.78 is 5.57. The van der Waals surface area contributed by atoms with Gasteiger partial charge in [-0.05, 0) is 6.92 Å². The second-order valence-electron chi connectivity index (χ2n) is 3.45. The van der Waals surface area contributed by atoms with Crippen LogP contribution in [0.1, 0.15) is 11.5 Å². The maximum absolute atomic E-state index is 8.76. The van der Waals surface area contributed by atoms with Crippen LogP contribution in [0.2, 0.25) is 0 Å². The maximum Gasteiger partial charge on any atom is 0.246 e. The van der Waals surface area contributed by atoms with E-state index in [2.05, 4.69) is 15.0 Å². The highest BCUT2D eigenvalue weighted by molar-refractivity contribution is 7.13. The molecule has 3 aromatic heterocycles. The molecule has 0 amide bonds. The van der Waals surface area contributed by atoms with Gasteiger partial charge in [-0.1, -0.05) is 0 Å². The van der Waals surface area contributed by atoms with Crippen LogP contribution >= 0.6 is 22.7 Å². The summed E-state index contributed by atoms with van der Waals surface area (Å²) in [6, 6.07) is 2.00. The zero-order valence-corrected chi connectivity index (χ0v) is 10.9. The van der Waals surface area contributed by atoms with E-state index >= 15 is 0 Å². The van der Waals surface area contributed by atoms with Gasteiger partial charge in [0.2, 0.25) is 5.89 Å². The van der Waals surface area contributed by atoms with Gasteiger partial charge in [-0.2, -0.15) is 5.26 Å². The number of hydrogen-bond donors (Lipinski definition) is 0. The van der Waals surface area contributed by atoms with Gasteiger partial charge in [0.25, 0.3) is 0 Å². The smallest absolute Gasteiger partial charge is 0.246 e. The topological polar surface area (TPSA) is 75.6 Å². The van der Waals surface area contributed by atoms with Crippen LogP contribution in [0.25, 0.3) is 22.3 Å². The molecule has 0 atom stereocenters. The number of nitriles is 1. The number of nitrogens with zero attached hydrogens (tertiary/aromatic N) is 4. The minimum absolute atomic E-state index is 0.396. The number of rotatable bonds is 2. The average Bonchev–Trinajstić information content (AvgIpc) is 3.08. The predicted octanol–water partition coefficient (Wildman–Crippen LogP) is 3.10. The Morgan fingerprint density at radius 2 is 2.22 bits per heavy atom. The molecule has 3 rings (SSSR count). The van der Waals surface area contributed by atoms with Crippen molar-refractivity contribution in [2.45, 2.75) is 6.92 Å². The summed E-state index contributed by atoms with van der Waals surface area (Å²) in [5.41, 5.74) is 3.51. The van der Waals surface area contributed by atoms with Crippen LogP contribution < -0.4 is 0 Å². The SMILES string of the molecule is Cc1oc(-c2cscn2)nc1-c1nc(C#N)cs1. The van der Waals surface area contributed by atoms with E-state index in [0.29, 0.717) is 33.7 Å². The first-order chi connectivity index (χ1) is 8.78. The Morgan fingerprint density at radius 3 is 2.89 bits per heavy atom. The molecule has 0 saturated carbocycles. The molecule has 0 unspecified atom stereocenters. The second-order valence-corrected chi connectivity index (χ2v) is 5.02. The third-order valence-electron chi connectivity index (χ3n) is 2.27. The van der Waals surface area contributed by atoms with E-state index in [0.717, 1.165) is 0 Å². The molecule has 88 valence electrons. The van der Waals surface area contributed by atoms with E-state index in [4.69, 9.17) is 9.68 Å². The Labute approximate surface area is 110 Å². The highest BCUT2D eigenvalue weighted by atomic mass is 32.1. The highest BCUT2D eigenvalue weighted by Crippen LogP contribution is 2.30. The van der Waals surface area contributed by atoms with Crippen LogP contribution in [0.5, 0.6) is 0 Å². The lowest BCUT2D eigenvalue weighted by Gasteiger charge is -1.87. The van der Waals surface area contributed by atoms with Gasteiger partial charge < -0.3 is 4.42 Å². The van der Waals surface area contributed by atoms with Crippen LogP contribution in [-0.2, 0) is 0 Å². The molecular formula is C11H6N4OS2. The first kappa shape index (κ1) is 11.1. The number of oxazole rings is 1. The fourth-order valence-corrected chi connectivity index (χ4v) is 2.76. The van der Waals surface area contributed by atoms with Crippen molar-refractivity contribution >= 4 is 22.7 Å². The van der Waals surface area contributed by atoms with Gasteiger partial charge in [-0.25, -0.2) is 15.0 Å². The van der Waals surface area contributed by atoms with Crippen molar-refractivity contribution in [1.29, 1.82) is 5.26 Å². The Balaban J connectivity index is 2.06. The van der Waals surface area contributed by atoms with Crippen LogP contribution in [0, 0.1) is 18.3 Å². The van der Waals surface area contributed by atoms with Gasteiger partial charge in [0.15, 0.2) is 5.69 Å². The molecule has 3 heterocycles. The van der Waals surface area contributed by atoms with Gasteiger partial charge in [-0.3, -0.25) is 0 Å². The molecule has 0 aliphatic rings. The summed E-state index contributed by atoms with van der Waals surface area (Å²) in [7, 11) is 0. The monoisotopic (exact) mass is 274 g/mol. The lowest BCUT2D eigenvalue weighted by molar-refractivity contribution is 0.541. The van der Waals surface area contributed by atoms with Crippen LogP contribution in [0.3, 0.4) is 0 Å². The molecule has 0 saturated heterocycles. The zero-order chi connectivity index (χ0) is 12.5. The molecular weight excluding hydrogens is 268 g/mol. The number of thiazole rings is 2. The minimum Gasteiger partial charge on any atom is -0.439 e. The molecule has 0 spiro atoms. The molecule has 0 aliphatic carbocycles. The first-order valence-corrected chi connectivity index (χ1v) is 6.82. The Bertz CT molecular complexity index is 721. The lowest BCUT2D eigenvalue weighted by atomic mass is 10.4. The Kier molecular flexibility index (Phi) is 2.66. The van der Waals surface area contributed by atoms with E-state index in [1.807, 2.05) is 18.4 Å². The van der Waals surface area contributed by atoms with Gasteiger partial charge in [0.05, 0.1) is 5.51 Å². The largest absolute Gasteiger partial charge is 0.439 e. The van der Waals surface area contributed by atoms with E-state index < -0.39 is 0 Å². The summed E-state index contributed by atoms with van der Waals surface area (Å²) >= 11 is 2.86. The van der Waals surface area contributed by atoms with Crippen molar-refractivity contribution in [3.63, 3.8) is 0 Å². The van der Waals surface area contributed by atoms with Crippen molar-refractivity contribution in [2.75, 3.05) is 0 Å². The van der Waals surface area contributed by atoms with Gasteiger partial charge in [0.1, 0.15) is 28.2 Å². The molecule has 0 aromatic carbocycles. The lowest BCUT2D eigenvalue weighted by Crippen LogP contribution is -1.81. The summed E-state index contributed by atoms with van der Waals surface area (Å²) in [4.78, 5) is 12.7. The normalized spacial score (nSPS) is 10.4. The molecule has 0 aliphatic heterocycles. The number of aryl methyl sites for hydroxylation is 1. The molecule has 0 bridgehead atoms. The fraction of sp³-hybridized carbons (Fsp3) is 0.0909. The number of hydrogen-bond acceptors (Lipinski definition) is 7. The van der Waals surface area contributed by atoms with Crippen molar-refractivity contribution in [3.8, 4) is 28.4 Å². The Hall–Kier alpha value is -2.04. The first-order valence-electron chi connectivity index (χ1n) is 5.00. The summed E-state index contributed by atoms with van der Waals surface area (Å²) in [6.45, 7) is 1.83. The third kappa shape index (κ3) is 1.81. The molecule has 0 radical (unpaired) electrons. The standard InChI is InChI=1S/C11H6N4OS2/c1-6-9(11-14-7(2-12)3-18-11)15-10(16-6)8-4-17-5-13-8/h3-5H,1H3. The summed E-state index contributed by atoms with van der Waals surface area (Å²) in [5, 5.41) is 13.0. The van der Waals surface area contributed by atoms with E-state index in [9.17, 15) is 0 Å². The third-order valence-corrected chi connectivity index (χ3v) is 3.70. The van der Waals surface area contributed by atoms with Crippen LogP contribution in [-0.4, -0.2) is 15.0 Å². The highest BCUT2D eigenvalue weighted by Gasteiger charge is 2.16. The van der Waals surface area contributed by atoms with Gasteiger partial charge in [0, 0.05) is 10.8 Å². The molecule has 18 heavy (non-hydrogen) atoms. The van der Waals surface area contributed by atoms with Crippen molar-refractivity contribution in [1.82, 2.24) is 15.0 Å². The summed E-state index contributed by atoms with van der Waals surface area (Å²) in [5.74, 6) is 1.16. The van der Waals surface area contributed by atoms with E-state index in [1.54, 1.807) is 10.9 Å². The number of aromatic nitrogens is 3. The average molecular weight is 274 g/mol. The minimum atomic E-state index is 0.396. The van der Waals surface area contributed by atoms with Gasteiger partial charge in [-0.15, -0.1) is 22.7 Å². The fourth-order valence-electron chi connectivity index (χ4n) is 1.46. The zero-order valence-electron chi connectivity index (χ0n) is 9.25. The maximum atomic E-state index is 8.76.